The second-order valence-corrected chi connectivity index (χ2v) is 8.74. The van der Waals surface area contributed by atoms with E-state index in [1.165, 1.54) is 33.0 Å². The lowest BCUT2D eigenvalue weighted by Crippen LogP contribution is -2.46. The average Bonchev–Trinajstić information content (AvgIpc) is 3.19. The zero-order chi connectivity index (χ0) is 20.5. The number of nitrogens with zero attached hydrogens (tertiary/aromatic N) is 3. The summed E-state index contributed by atoms with van der Waals surface area (Å²) >= 11 is 1.79. The summed E-state index contributed by atoms with van der Waals surface area (Å²) in [6.07, 6.45) is 4.90. The van der Waals surface area contributed by atoms with E-state index in [0.29, 0.717) is 12.0 Å². The molecule has 0 spiro atoms. The van der Waals surface area contributed by atoms with Crippen LogP contribution in [0.15, 0.2) is 29.2 Å². The molecule has 1 aromatic carbocycles. The number of hydrogen-bond donors (Lipinski definition) is 1. The molecule has 0 aliphatic carbocycles. The van der Waals surface area contributed by atoms with E-state index >= 15 is 0 Å². The van der Waals surface area contributed by atoms with Gasteiger partial charge in [-0.1, -0.05) is 13.8 Å². The molecule has 1 aromatic rings. The number of amides is 2. The molecular weight excluding hydrogens is 372 g/mol. The third kappa shape index (κ3) is 6.84. The minimum absolute atomic E-state index is 0.218. The van der Waals surface area contributed by atoms with Crippen molar-refractivity contribution in [3.8, 4) is 6.19 Å². The van der Waals surface area contributed by atoms with Crippen molar-refractivity contribution in [1.82, 2.24) is 15.1 Å². The Labute approximate surface area is 172 Å². The Balaban J connectivity index is 1.90. The molecule has 1 aliphatic heterocycles. The molecule has 1 saturated heterocycles. The Hall–Kier alpha value is -2.04. The molecule has 1 atom stereocenters. The molecule has 28 heavy (non-hydrogen) atoms. The molecule has 7 heteroatoms. The number of carbonyl (C=O) groups is 2. The maximum absolute atomic E-state index is 12.6. The molecule has 1 unspecified atom stereocenters. The first-order chi connectivity index (χ1) is 13.4. The van der Waals surface area contributed by atoms with E-state index < -0.39 is 11.9 Å². The average molecular weight is 403 g/mol. The minimum Gasteiger partial charge on any atom is -0.340 e. The first kappa shape index (κ1) is 22.3. The fourth-order valence-corrected chi connectivity index (χ4v) is 4.13. The second-order valence-electron chi connectivity index (χ2n) is 7.57. The van der Waals surface area contributed by atoms with Gasteiger partial charge in [-0.15, -0.1) is 11.8 Å². The second kappa shape index (κ2) is 11.1. The Morgan fingerprint density at radius 1 is 1.25 bits per heavy atom. The van der Waals surface area contributed by atoms with Crippen molar-refractivity contribution in [2.24, 2.45) is 5.92 Å². The molecular formula is C21H30N4O2S. The van der Waals surface area contributed by atoms with E-state index in [4.69, 9.17) is 5.26 Å². The van der Waals surface area contributed by atoms with Gasteiger partial charge in [0.25, 0.3) is 11.8 Å². The van der Waals surface area contributed by atoms with Crippen molar-refractivity contribution in [2.45, 2.75) is 44.0 Å². The van der Waals surface area contributed by atoms with Crippen LogP contribution in [-0.4, -0.2) is 60.1 Å². The summed E-state index contributed by atoms with van der Waals surface area (Å²) in [6.45, 7) is 7.46. The topological polar surface area (TPSA) is 76.4 Å². The fourth-order valence-electron chi connectivity index (χ4n) is 3.22. The van der Waals surface area contributed by atoms with Crippen LogP contribution in [0.1, 0.15) is 43.5 Å². The van der Waals surface area contributed by atoms with E-state index in [9.17, 15) is 9.59 Å². The highest BCUT2D eigenvalue weighted by molar-refractivity contribution is 7.99. The minimum atomic E-state index is -0.702. The summed E-state index contributed by atoms with van der Waals surface area (Å²) in [5.41, 5.74) is 0.519. The van der Waals surface area contributed by atoms with Crippen LogP contribution in [0, 0.1) is 17.4 Å². The van der Waals surface area contributed by atoms with Gasteiger partial charge >= 0.3 is 0 Å². The van der Waals surface area contributed by atoms with Crippen LogP contribution in [0.5, 0.6) is 0 Å². The number of hydrogen-bond acceptors (Lipinski definition) is 5. The van der Waals surface area contributed by atoms with E-state index in [2.05, 4.69) is 10.2 Å². The number of nitrogens with one attached hydrogen (secondary N) is 1. The van der Waals surface area contributed by atoms with Gasteiger partial charge in [-0.05, 0) is 62.5 Å². The van der Waals surface area contributed by atoms with Crippen LogP contribution in [0.4, 0.5) is 0 Å². The largest absolute Gasteiger partial charge is 0.340 e. The highest BCUT2D eigenvalue weighted by Crippen LogP contribution is 2.20. The number of rotatable bonds is 9. The Bertz CT molecular complexity index is 693. The van der Waals surface area contributed by atoms with E-state index in [1.807, 2.05) is 26.0 Å². The predicted octanol–water partition coefficient (Wildman–Crippen LogP) is 2.96. The number of likely N-dealkylation sites (tertiary alicyclic amines) is 1. The van der Waals surface area contributed by atoms with Crippen molar-refractivity contribution in [3.05, 3.63) is 29.8 Å². The Morgan fingerprint density at radius 3 is 2.46 bits per heavy atom. The van der Waals surface area contributed by atoms with Crippen LogP contribution in [-0.2, 0) is 4.79 Å². The Morgan fingerprint density at radius 2 is 1.89 bits per heavy atom. The zero-order valence-corrected chi connectivity index (χ0v) is 17.8. The molecule has 1 aliphatic rings. The van der Waals surface area contributed by atoms with Gasteiger partial charge in [-0.2, -0.15) is 5.26 Å². The van der Waals surface area contributed by atoms with Crippen molar-refractivity contribution in [3.63, 3.8) is 0 Å². The third-order valence-electron chi connectivity index (χ3n) is 4.78. The lowest BCUT2D eigenvalue weighted by molar-refractivity contribution is -0.129. The zero-order valence-electron chi connectivity index (χ0n) is 17.0. The molecule has 0 aromatic heterocycles. The molecule has 1 fully saturated rings. The van der Waals surface area contributed by atoms with E-state index in [1.54, 1.807) is 30.1 Å². The van der Waals surface area contributed by atoms with E-state index in [-0.39, 0.29) is 11.8 Å². The predicted molar refractivity (Wildman–Crippen MR) is 112 cm³/mol. The van der Waals surface area contributed by atoms with Crippen LogP contribution in [0.2, 0.25) is 0 Å². The van der Waals surface area contributed by atoms with Gasteiger partial charge in [-0.3, -0.25) is 14.5 Å². The molecule has 2 amide bonds. The van der Waals surface area contributed by atoms with Crippen LogP contribution >= 0.6 is 11.8 Å². The number of likely N-dealkylation sites (N-methyl/N-ethyl adjacent to an activating group) is 1. The number of carbonyl (C=O) groups excluding carboxylic acids is 2. The lowest BCUT2D eigenvalue weighted by atomic mass is 10.0. The van der Waals surface area contributed by atoms with Gasteiger partial charge in [0.05, 0.1) is 0 Å². The van der Waals surface area contributed by atoms with Gasteiger partial charge in [0, 0.05) is 29.8 Å². The summed E-state index contributed by atoms with van der Waals surface area (Å²) in [4.78, 5) is 29.5. The van der Waals surface area contributed by atoms with Crippen molar-refractivity contribution in [1.29, 1.82) is 5.26 Å². The first-order valence-corrected chi connectivity index (χ1v) is 10.8. The van der Waals surface area contributed by atoms with Crippen LogP contribution in [0.3, 0.4) is 0 Å². The summed E-state index contributed by atoms with van der Waals surface area (Å²) in [5.74, 6) is 0.574. The Kier molecular flexibility index (Phi) is 8.81. The first-order valence-electron chi connectivity index (χ1n) is 9.84. The normalized spacial score (nSPS) is 15.2. The molecule has 0 saturated carbocycles. The van der Waals surface area contributed by atoms with Gasteiger partial charge in [0.1, 0.15) is 6.04 Å². The summed E-state index contributed by atoms with van der Waals surface area (Å²) < 4.78 is 0. The highest BCUT2D eigenvalue weighted by Gasteiger charge is 2.25. The standard InChI is InChI=1S/C21H30N4O2S/c1-16(2)14-19(21(27)24(3)15-22)23-20(26)17-6-8-18(9-7-17)28-13-12-25-10-4-5-11-25/h6-9,16,19H,4-5,10-14H2,1-3H3,(H,23,26). The lowest BCUT2D eigenvalue weighted by Gasteiger charge is -2.21. The van der Waals surface area contributed by atoms with Crippen molar-refractivity contribution < 1.29 is 9.59 Å². The fraction of sp³-hybridized carbons (Fsp3) is 0.571. The van der Waals surface area contributed by atoms with Crippen LogP contribution in [0.25, 0.3) is 0 Å². The summed E-state index contributed by atoms with van der Waals surface area (Å²) in [6, 6.07) is 6.78. The smallest absolute Gasteiger partial charge is 0.257 e. The van der Waals surface area contributed by atoms with Crippen molar-refractivity contribution in [2.75, 3.05) is 32.4 Å². The SMILES string of the molecule is CC(C)CC(NC(=O)c1ccc(SCCN2CCCC2)cc1)C(=O)N(C)C#N. The molecule has 1 heterocycles. The number of thioether (sulfide) groups is 1. The van der Waals surface area contributed by atoms with Gasteiger partial charge in [0.2, 0.25) is 0 Å². The summed E-state index contributed by atoms with van der Waals surface area (Å²) in [5, 5.41) is 11.7. The molecule has 0 radical (unpaired) electrons. The van der Waals surface area contributed by atoms with Crippen molar-refractivity contribution >= 4 is 23.6 Å². The quantitative estimate of drug-likeness (QED) is 0.390. The molecule has 152 valence electrons. The molecule has 0 bridgehead atoms. The number of benzene rings is 1. The van der Waals surface area contributed by atoms with Gasteiger partial charge < -0.3 is 10.2 Å². The summed E-state index contributed by atoms with van der Waals surface area (Å²) in [7, 11) is 1.41. The molecule has 2 rings (SSSR count). The van der Waals surface area contributed by atoms with Gasteiger partial charge in [-0.25, -0.2) is 0 Å². The number of nitriles is 1. The molecule has 1 N–H and O–H groups in total. The van der Waals surface area contributed by atoms with E-state index in [0.717, 1.165) is 22.1 Å². The highest BCUT2D eigenvalue weighted by atomic mass is 32.2. The third-order valence-corrected chi connectivity index (χ3v) is 5.77. The maximum atomic E-state index is 12.6. The van der Waals surface area contributed by atoms with Gasteiger partial charge in [0.15, 0.2) is 6.19 Å². The molecule has 6 nitrogen and oxygen atoms in total. The van der Waals surface area contributed by atoms with Crippen LogP contribution < -0.4 is 5.32 Å². The maximum Gasteiger partial charge on any atom is 0.257 e. The monoisotopic (exact) mass is 402 g/mol.